The minimum absolute atomic E-state index is 0.160. The number of aliphatic carboxylic acids is 1. The number of nitrogens with one attached hydrogen (secondary N) is 1. The lowest BCUT2D eigenvalue weighted by atomic mass is 9.99. The molecule has 4 rings (SSSR count). The molecule has 0 aliphatic carbocycles. The van der Waals surface area contributed by atoms with Crippen LogP contribution in [0.25, 0.3) is 11.1 Å². The van der Waals surface area contributed by atoms with Crippen molar-refractivity contribution in [2.45, 2.75) is 51.5 Å². The van der Waals surface area contributed by atoms with Crippen molar-refractivity contribution in [3.63, 3.8) is 0 Å². The topological polar surface area (TPSA) is 86.7 Å². The zero-order valence-electron chi connectivity index (χ0n) is 24.2. The van der Waals surface area contributed by atoms with Crippen molar-refractivity contribution in [1.82, 2.24) is 4.90 Å². The number of carbonyl (C=O) groups excluding carboxylic acids is 2. The van der Waals surface area contributed by atoms with Gasteiger partial charge in [-0.2, -0.15) is 0 Å². The number of likely N-dealkylation sites (N-methyl/N-ethyl adjacent to an activating group) is 1. The van der Waals surface area contributed by atoms with Crippen molar-refractivity contribution >= 4 is 34.7 Å². The molecule has 7 heteroatoms. The second kappa shape index (κ2) is 15.1. The number of thiophene rings is 1. The molecule has 4 aromatic rings. The monoisotopic (exact) mass is 582 g/mol. The van der Waals surface area contributed by atoms with Crippen LogP contribution < -0.4 is 5.32 Å². The fourth-order valence-electron chi connectivity index (χ4n) is 4.79. The van der Waals surface area contributed by atoms with E-state index in [-0.39, 0.29) is 18.1 Å². The van der Waals surface area contributed by atoms with Crippen molar-refractivity contribution in [2.75, 3.05) is 18.9 Å². The summed E-state index contributed by atoms with van der Waals surface area (Å²) < 4.78 is 0. The van der Waals surface area contributed by atoms with E-state index in [0.29, 0.717) is 29.8 Å². The summed E-state index contributed by atoms with van der Waals surface area (Å²) in [5, 5.41) is 15.2. The van der Waals surface area contributed by atoms with E-state index in [2.05, 4.69) is 23.7 Å². The summed E-state index contributed by atoms with van der Waals surface area (Å²) in [5.74, 6) is -0.943. The molecule has 0 radical (unpaired) electrons. The maximum Gasteiger partial charge on any atom is 0.326 e. The number of nitrogens with zero attached hydrogens (tertiary/aromatic N) is 1. The van der Waals surface area contributed by atoms with E-state index >= 15 is 0 Å². The molecular weight excluding hydrogens is 544 g/mol. The van der Waals surface area contributed by atoms with Gasteiger partial charge in [-0.25, -0.2) is 4.79 Å². The highest BCUT2D eigenvalue weighted by atomic mass is 32.1. The highest BCUT2D eigenvalue weighted by Gasteiger charge is 2.21. The quantitative estimate of drug-likeness (QED) is 0.113. The van der Waals surface area contributed by atoms with Gasteiger partial charge in [0.25, 0.3) is 0 Å². The van der Waals surface area contributed by atoms with E-state index < -0.39 is 12.0 Å². The molecule has 0 unspecified atom stereocenters. The molecule has 0 bridgehead atoms. The van der Waals surface area contributed by atoms with Gasteiger partial charge in [-0.3, -0.25) is 9.59 Å². The van der Waals surface area contributed by atoms with Crippen LogP contribution in [0, 0.1) is 0 Å². The normalized spacial score (nSPS) is 11.6. The Morgan fingerprint density at radius 2 is 1.62 bits per heavy atom. The molecule has 1 aromatic heterocycles. The zero-order valence-corrected chi connectivity index (χ0v) is 25.0. The van der Waals surface area contributed by atoms with Crippen LogP contribution in [-0.4, -0.2) is 47.3 Å². The summed E-state index contributed by atoms with van der Waals surface area (Å²) in [6.07, 6.45) is 4.84. The Labute approximate surface area is 252 Å². The number of carboxylic acid groups (broad SMARTS) is 1. The molecule has 3 aromatic carbocycles. The molecule has 0 aliphatic heterocycles. The second-order valence-corrected chi connectivity index (χ2v) is 11.5. The zero-order chi connectivity index (χ0) is 29.9. The third-order valence-corrected chi connectivity index (χ3v) is 8.33. The highest BCUT2D eigenvalue weighted by molar-refractivity contribution is 7.10. The van der Waals surface area contributed by atoms with Crippen molar-refractivity contribution in [1.29, 1.82) is 0 Å². The molecule has 2 N–H and O–H groups in total. The number of carbonyl (C=O) groups is 3. The number of ketones is 1. The molecule has 42 heavy (non-hydrogen) atoms. The molecule has 0 fully saturated rings. The van der Waals surface area contributed by atoms with Crippen LogP contribution in [0.4, 0.5) is 5.69 Å². The summed E-state index contributed by atoms with van der Waals surface area (Å²) in [6, 6.07) is 25.2. The van der Waals surface area contributed by atoms with Gasteiger partial charge in [0.2, 0.25) is 5.91 Å². The first-order chi connectivity index (χ1) is 20.4. The third-order valence-electron chi connectivity index (χ3n) is 7.33. The van der Waals surface area contributed by atoms with Crippen LogP contribution in [0.15, 0.2) is 90.3 Å². The van der Waals surface area contributed by atoms with Crippen molar-refractivity contribution < 1.29 is 19.5 Å². The number of hydrogen-bond acceptors (Lipinski definition) is 5. The van der Waals surface area contributed by atoms with E-state index in [0.717, 1.165) is 42.4 Å². The SMILES string of the molecule is CCCCCC(=O)N(C)CCc1cc(-c2ccc(C[C@H](Nc3ccccc3C(=O)c3ccccc3)C(=O)O)cc2)cs1. The van der Waals surface area contributed by atoms with Crippen LogP contribution >= 0.6 is 11.3 Å². The molecule has 0 saturated carbocycles. The molecule has 0 saturated heterocycles. The Kier molecular flexibility index (Phi) is 11.1. The average molecular weight is 583 g/mol. The lowest BCUT2D eigenvalue weighted by Gasteiger charge is -2.18. The van der Waals surface area contributed by atoms with Gasteiger partial charge in [0.05, 0.1) is 0 Å². The lowest BCUT2D eigenvalue weighted by molar-refractivity contribution is -0.138. The Balaban J connectivity index is 1.37. The molecule has 1 heterocycles. The predicted octanol–water partition coefficient (Wildman–Crippen LogP) is 7.34. The van der Waals surface area contributed by atoms with Gasteiger partial charge in [0.15, 0.2) is 5.78 Å². The Morgan fingerprint density at radius 3 is 2.33 bits per heavy atom. The summed E-state index contributed by atoms with van der Waals surface area (Å²) in [4.78, 5) is 40.6. The van der Waals surface area contributed by atoms with E-state index in [1.54, 1.807) is 59.9 Å². The van der Waals surface area contributed by atoms with Crippen LogP contribution in [0.3, 0.4) is 0 Å². The Bertz CT molecular complexity index is 1480. The van der Waals surface area contributed by atoms with Crippen LogP contribution in [0.5, 0.6) is 0 Å². The van der Waals surface area contributed by atoms with Gasteiger partial charge in [0, 0.05) is 48.1 Å². The van der Waals surface area contributed by atoms with Crippen LogP contribution in [0.1, 0.15) is 59.0 Å². The number of hydrogen-bond donors (Lipinski definition) is 2. The molecule has 0 aliphatic rings. The van der Waals surface area contributed by atoms with Gasteiger partial charge in [0.1, 0.15) is 6.04 Å². The first kappa shape index (κ1) is 30.7. The smallest absolute Gasteiger partial charge is 0.326 e. The fourth-order valence-corrected chi connectivity index (χ4v) is 5.68. The Morgan fingerprint density at radius 1 is 0.905 bits per heavy atom. The second-order valence-electron chi connectivity index (χ2n) is 10.5. The summed E-state index contributed by atoms with van der Waals surface area (Å²) in [7, 11) is 1.88. The number of rotatable bonds is 15. The van der Waals surface area contributed by atoms with Gasteiger partial charge in [-0.05, 0) is 53.1 Å². The Hall–Kier alpha value is -4.23. The number of benzene rings is 3. The molecule has 0 spiro atoms. The first-order valence-electron chi connectivity index (χ1n) is 14.4. The van der Waals surface area contributed by atoms with Crippen LogP contribution in [-0.2, 0) is 22.4 Å². The number of para-hydroxylation sites is 1. The summed E-state index contributed by atoms with van der Waals surface area (Å²) in [5.41, 5.74) is 4.53. The van der Waals surface area contributed by atoms with Crippen molar-refractivity contribution in [3.8, 4) is 11.1 Å². The van der Waals surface area contributed by atoms with Gasteiger partial charge in [-0.15, -0.1) is 11.3 Å². The number of unbranched alkanes of at least 4 members (excludes halogenated alkanes) is 2. The lowest BCUT2D eigenvalue weighted by Crippen LogP contribution is -2.32. The summed E-state index contributed by atoms with van der Waals surface area (Å²) in [6.45, 7) is 2.84. The van der Waals surface area contributed by atoms with Gasteiger partial charge < -0.3 is 15.3 Å². The average Bonchev–Trinajstić information content (AvgIpc) is 3.49. The maximum atomic E-state index is 13.1. The van der Waals surface area contributed by atoms with Crippen LogP contribution in [0.2, 0.25) is 0 Å². The number of amides is 1. The minimum atomic E-state index is -0.989. The standard InChI is InChI=1S/C35H38N2O4S/c1-3-4-6-15-33(38)37(2)21-20-29-23-28(24-42-29)26-18-16-25(17-19-26)22-32(35(40)41)36-31-14-10-9-13-30(31)34(39)27-11-7-5-8-12-27/h5,7-14,16-19,23-24,32,36H,3-4,6,15,20-22H2,1-2H3,(H,40,41)/t32-/m0/s1. The molecule has 6 nitrogen and oxygen atoms in total. The van der Waals surface area contributed by atoms with E-state index in [1.807, 2.05) is 42.3 Å². The van der Waals surface area contributed by atoms with E-state index in [4.69, 9.17) is 0 Å². The van der Waals surface area contributed by atoms with Crippen molar-refractivity contribution in [3.05, 3.63) is 112 Å². The maximum absolute atomic E-state index is 13.1. The highest BCUT2D eigenvalue weighted by Crippen LogP contribution is 2.27. The third kappa shape index (κ3) is 8.40. The molecular formula is C35H38N2O4S. The largest absolute Gasteiger partial charge is 0.480 e. The van der Waals surface area contributed by atoms with E-state index in [9.17, 15) is 19.5 Å². The molecule has 1 atom stereocenters. The predicted molar refractivity (Wildman–Crippen MR) is 170 cm³/mol. The minimum Gasteiger partial charge on any atom is -0.480 e. The molecule has 1 amide bonds. The fraction of sp³-hybridized carbons (Fsp3) is 0.286. The van der Waals surface area contributed by atoms with Gasteiger partial charge in [-0.1, -0.05) is 86.5 Å². The van der Waals surface area contributed by atoms with Crippen molar-refractivity contribution in [2.24, 2.45) is 0 Å². The first-order valence-corrected chi connectivity index (χ1v) is 15.3. The number of anilines is 1. The molecule has 218 valence electrons. The van der Waals surface area contributed by atoms with E-state index in [1.165, 1.54) is 4.88 Å². The number of carboxylic acids is 1. The van der Waals surface area contributed by atoms with Gasteiger partial charge >= 0.3 is 5.97 Å². The summed E-state index contributed by atoms with van der Waals surface area (Å²) >= 11 is 1.69.